The van der Waals surface area contributed by atoms with Crippen molar-refractivity contribution in [3.63, 3.8) is 0 Å². The molecule has 12 heteroatoms. The molecular weight excluding hydrogens is 472 g/mol. The second kappa shape index (κ2) is 12.4. The Balaban J connectivity index is 1.96. The van der Waals surface area contributed by atoms with Gasteiger partial charge in [0.05, 0.1) is 30.2 Å². The van der Waals surface area contributed by atoms with E-state index in [0.717, 1.165) is 22.6 Å². The zero-order chi connectivity index (χ0) is 24.5. The highest BCUT2D eigenvalue weighted by molar-refractivity contribution is 7.99. The minimum absolute atomic E-state index is 0.0382. The summed E-state index contributed by atoms with van der Waals surface area (Å²) < 4.78 is 20.1. The van der Waals surface area contributed by atoms with Crippen molar-refractivity contribution >= 4 is 51.9 Å². The summed E-state index contributed by atoms with van der Waals surface area (Å²) in [5.41, 5.74) is 2.10. The summed E-state index contributed by atoms with van der Waals surface area (Å²) in [4.78, 5) is 49.1. The van der Waals surface area contributed by atoms with Crippen LogP contribution in [0.1, 0.15) is 56.5 Å². The Morgan fingerprint density at radius 1 is 1.03 bits per heavy atom. The molecule has 1 N–H and O–H groups in total. The van der Waals surface area contributed by atoms with E-state index in [9.17, 15) is 19.2 Å². The molecule has 0 spiro atoms. The lowest BCUT2D eigenvalue weighted by Crippen LogP contribution is -2.22. The largest absolute Gasteiger partial charge is 0.462 e. The van der Waals surface area contributed by atoms with E-state index < -0.39 is 30.4 Å². The molecule has 180 valence electrons. The number of aryl methyl sites for hydroxylation is 2. The fourth-order valence-electron chi connectivity index (χ4n) is 2.74. The Kier molecular flexibility index (Phi) is 9.92. The fraction of sp³-hybridized carbons (Fsp3) is 0.476. The minimum Gasteiger partial charge on any atom is -0.462 e. The van der Waals surface area contributed by atoms with Crippen LogP contribution in [0.2, 0.25) is 0 Å². The van der Waals surface area contributed by atoms with Crippen LogP contribution in [0.4, 0.5) is 5.00 Å². The number of nitrogens with one attached hydrogen (secondary N) is 1. The summed E-state index contributed by atoms with van der Waals surface area (Å²) in [5.74, 6) is -1.24. The van der Waals surface area contributed by atoms with Crippen molar-refractivity contribution in [2.24, 2.45) is 0 Å². The fourth-order valence-corrected chi connectivity index (χ4v) is 4.81. The summed E-state index contributed by atoms with van der Waals surface area (Å²) in [6.07, 6.45) is 0. The van der Waals surface area contributed by atoms with E-state index in [4.69, 9.17) is 18.7 Å². The van der Waals surface area contributed by atoms with Gasteiger partial charge < -0.3 is 24.1 Å². The van der Waals surface area contributed by atoms with Gasteiger partial charge >= 0.3 is 17.9 Å². The lowest BCUT2D eigenvalue weighted by Gasteiger charge is -2.08. The first-order valence-corrected chi connectivity index (χ1v) is 12.1. The zero-order valence-electron chi connectivity index (χ0n) is 19.1. The Morgan fingerprint density at radius 2 is 1.70 bits per heavy atom. The van der Waals surface area contributed by atoms with Gasteiger partial charge in [-0.2, -0.15) is 0 Å². The molecule has 2 rings (SSSR count). The third-order valence-electron chi connectivity index (χ3n) is 4.35. The Morgan fingerprint density at radius 3 is 2.30 bits per heavy atom. The molecule has 0 aliphatic rings. The van der Waals surface area contributed by atoms with Gasteiger partial charge in [0.2, 0.25) is 0 Å². The number of carbonyl (C=O) groups excluding carboxylic acids is 4. The van der Waals surface area contributed by atoms with Gasteiger partial charge in [0, 0.05) is 11.3 Å². The Hall–Kier alpha value is -2.86. The summed E-state index contributed by atoms with van der Waals surface area (Å²) in [5, 5.41) is 6.51. The first-order chi connectivity index (χ1) is 15.7. The third kappa shape index (κ3) is 7.06. The van der Waals surface area contributed by atoms with Crippen molar-refractivity contribution in [2.45, 2.75) is 40.4 Å². The van der Waals surface area contributed by atoms with Crippen LogP contribution in [0, 0.1) is 20.8 Å². The van der Waals surface area contributed by atoms with Crippen LogP contribution in [-0.2, 0) is 29.6 Å². The summed E-state index contributed by atoms with van der Waals surface area (Å²) >= 11 is 2.21. The van der Waals surface area contributed by atoms with Crippen molar-refractivity contribution in [2.75, 3.05) is 30.9 Å². The van der Waals surface area contributed by atoms with Gasteiger partial charge in [-0.3, -0.25) is 9.59 Å². The van der Waals surface area contributed by atoms with Crippen molar-refractivity contribution < 1.29 is 37.9 Å². The highest BCUT2D eigenvalue weighted by Crippen LogP contribution is 2.34. The van der Waals surface area contributed by atoms with Crippen LogP contribution in [0.3, 0.4) is 0 Å². The average molecular weight is 499 g/mol. The van der Waals surface area contributed by atoms with Crippen LogP contribution in [0.5, 0.6) is 0 Å². The predicted molar refractivity (Wildman–Crippen MR) is 123 cm³/mol. The van der Waals surface area contributed by atoms with Gasteiger partial charge in [-0.15, -0.1) is 23.1 Å². The molecular formula is C21H26N2O8S2. The molecule has 0 aromatic carbocycles. The molecule has 0 saturated heterocycles. The van der Waals surface area contributed by atoms with Crippen molar-refractivity contribution in [1.29, 1.82) is 0 Å². The first kappa shape index (κ1) is 26.4. The normalized spacial score (nSPS) is 10.6. The molecule has 0 radical (unpaired) electrons. The minimum atomic E-state index is -0.676. The van der Waals surface area contributed by atoms with E-state index in [-0.39, 0.29) is 34.4 Å². The molecule has 0 aliphatic heterocycles. The standard InChI is InChI=1S/C21H26N2O8S2/c1-6-28-20(26)17-11(3)18(21(27)29-7-2)33-19(17)22-15(24)8-30-16(25)10-32-9-14-12(4)23-31-13(14)5/h6-10H2,1-5H3,(H,22,24). The smallest absolute Gasteiger partial charge is 0.348 e. The maximum atomic E-state index is 12.4. The van der Waals surface area contributed by atoms with E-state index in [2.05, 4.69) is 10.5 Å². The van der Waals surface area contributed by atoms with Crippen LogP contribution in [0.15, 0.2) is 4.52 Å². The number of amides is 1. The SMILES string of the molecule is CCOC(=O)c1sc(NC(=O)COC(=O)CSCc2c(C)noc2C)c(C(=O)OCC)c1C. The zero-order valence-corrected chi connectivity index (χ0v) is 20.7. The quantitative estimate of drug-likeness (QED) is 0.363. The number of anilines is 1. The van der Waals surface area contributed by atoms with Crippen molar-refractivity contribution in [3.05, 3.63) is 33.0 Å². The number of carbonyl (C=O) groups is 4. The number of aromatic nitrogens is 1. The number of hydrogen-bond donors (Lipinski definition) is 1. The number of hydrogen-bond acceptors (Lipinski definition) is 11. The average Bonchev–Trinajstić information content (AvgIpc) is 3.25. The molecule has 2 aromatic rings. The Bertz CT molecular complexity index is 1010. The van der Waals surface area contributed by atoms with E-state index in [1.165, 1.54) is 11.8 Å². The van der Waals surface area contributed by atoms with Gasteiger partial charge in [-0.1, -0.05) is 5.16 Å². The summed E-state index contributed by atoms with van der Waals surface area (Å²) in [6.45, 7) is 8.24. The lowest BCUT2D eigenvalue weighted by atomic mass is 10.1. The molecule has 0 bridgehead atoms. The second-order valence-electron chi connectivity index (χ2n) is 6.71. The number of thiophene rings is 1. The van der Waals surface area contributed by atoms with Gasteiger partial charge in [0.1, 0.15) is 15.6 Å². The monoisotopic (exact) mass is 498 g/mol. The number of esters is 3. The molecule has 10 nitrogen and oxygen atoms in total. The van der Waals surface area contributed by atoms with Gasteiger partial charge in [0.15, 0.2) is 6.61 Å². The van der Waals surface area contributed by atoms with Crippen LogP contribution >= 0.6 is 23.1 Å². The van der Waals surface area contributed by atoms with Crippen LogP contribution < -0.4 is 5.32 Å². The van der Waals surface area contributed by atoms with Gasteiger partial charge in [-0.05, 0) is 40.2 Å². The van der Waals surface area contributed by atoms with E-state index in [0.29, 0.717) is 17.1 Å². The van der Waals surface area contributed by atoms with Gasteiger partial charge in [-0.25, -0.2) is 9.59 Å². The second-order valence-corrected chi connectivity index (χ2v) is 8.71. The van der Waals surface area contributed by atoms with E-state index >= 15 is 0 Å². The number of rotatable bonds is 11. The molecule has 2 heterocycles. The number of ether oxygens (including phenoxy) is 3. The molecule has 1 amide bonds. The number of nitrogens with zero attached hydrogens (tertiary/aromatic N) is 1. The van der Waals surface area contributed by atoms with Crippen molar-refractivity contribution in [3.8, 4) is 0 Å². The molecule has 0 aliphatic carbocycles. The summed E-state index contributed by atoms with van der Waals surface area (Å²) in [6, 6.07) is 0. The van der Waals surface area contributed by atoms with Crippen LogP contribution in [0.25, 0.3) is 0 Å². The maximum absolute atomic E-state index is 12.4. The molecule has 0 saturated carbocycles. The highest BCUT2D eigenvalue weighted by atomic mass is 32.2. The van der Waals surface area contributed by atoms with Crippen LogP contribution in [-0.4, -0.2) is 54.5 Å². The third-order valence-corrected chi connectivity index (χ3v) is 6.47. The highest BCUT2D eigenvalue weighted by Gasteiger charge is 2.27. The first-order valence-electron chi connectivity index (χ1n) is 10.1. The van der Waals surface area contributed by atoms with E-state index in [1.807, 2.05) is 6.92 Å². The van der Waals surface area contributed by atoms with Crippen molar-refractivity contribution in [1.82, 2.24) is 5.16 Å². The number of thioether (sulfide) groups is 1. The molecule has 0 unspecified atom stereocenters. The predicted octanol–water partition coefficient (Wildman–Crippen LogP) is 3.43. The molecule has 2 aromatic heterocycles. The Labute approximate surface area is 199 Å². The molecule has 0 fully saturated rings. The summed E-state index contributed by atoms with van der Waals surface area (Å²) in [7, 11) is 0. The van der Waals surface area contributed by atoms with E-state index in [1.54, 1.807) is 27.7 Å². The van der Waals surface area contributed by atoms with Gasteiger partial charge in [0.25, 0.3) is 5.91 Å². The lowest BCUT2D eigenvalue weighted by molar-refractivity contribution is -0.144. The molecule has 0 atom stereocenters. The topological polar surface area (TPSA) is 134 Å². The maximum Gasteiger partial charge on any atom is 0.348 e. The molecule has 33 heavy (non-hydrogen) atoms.